The molecule has 1 unspecified atom stereocenters. The summed E-state index contributed by atoms with van der Waals surface area (Å²) >= 11 is 2.25. The smallest absolute Gasteiger partial charge is 0.315 e. The minimum atomic E-state index is -0.539. The minimum absolute atomic E-state index is 0.114. The highest BCUT2D eigenvalue weighted by atomic mass is 127. The Morgan fingerprint density at radius 1 is 1.24 bits per heavy atom. The van der Waals surface area contributed by atoms with Crippen molar-refractivity contribution in [3.63, 3.8) is 0 Å². The van der Waals surface area contributed by atoms with Crippen LogP contribution in [0.1, 0.15) is 51.5 Å². The summed E-state index contributed by atoms with van der Waals surface area (Å²) in [7, 11) is 0. The molecular formula is C20H22INO3. The summed E-state index contributed by atoms with van der Waals surface area (Å²) < 4.78 is 6.61. The number of carbonyl (C=O) groups excluding carboxylic acids is 2. The van der Waals surface area contributed by atoms with Crippen LogP contribution in [0, 0.1) is 9.49 Å². The summed E-state index contributed by atoms with van der Waals surface area (Å²) in [6.45, 7) is 5.54. The Morgan fingerprint density at radius 3 is 2.56 bits per heavy atom. The number of hydrogen-bond acceptors (Lipinski definition) is 4. The molecule has 0 bridgehead atoms. The summed E-state index contributed by atoms with van der Waals surface area (Å²) in [6.07, 6.45) is 1.95. The molecule has 0 aromatic heterocycles. The van der Waals surface area contributed by atoms with Crippen molar-refractivity contribution >= 4 is 40.1 Å². The van der Waals surface area contributed by atoms with E-state index in [4.69, 9.17) is 4.74 Å². The van der Waals surface area contributed by atoms with Gasteiger partial charge >= 0.3 is 5.97 Å². The SMILES string of the molecule is CC1=NC2=C(C(=O)CCC2)[C@@H](c2ccc(I)cc2)C1C(=O)OC(C)C. The van der Waals surface area contributed by atoms with Gasteiger partial charge in [0.15, 0.2) is 5.78 Å². The van der Waals surface area contributed by atoms with Crippen molar-refractivity contribution in [3.05, 3.63) is 44.7 Å². The van der Waals surface area contributed by atoms with Crippen molar-refractivity contribution in [2.24, 2.45) is 10.9 Å². The molecule has 0 fully saturated rings. The highest BCUT2D eigenvalue weighted by Gasteiger charge is 2.43. The molecule has 0 saturated carbocycles. The number of carbonyl (C=O) groups is 2. The highest BCUT2D eigenvalue weighted by molar-refractivity contribution is 14.1. The molecular weight excluding hydrogens is 429 g/mol. The van der Waals surface area contributed by atoms with E-state index in [0.29, 0.717) is 12.0 Å². The molecule has 0 spiro atoms. The van der Waals surface area contributed by atoms with Crippen LogP contribution in [-0.2, 0) is 14.3 Å². The van der Waals surface area contributed by atoms with Gasteiger partial charge in [0.1, 0.15) is 5.92 Å². The molecule has 0 radical (unpaired) electrons. The molecule has 1 aromatic carbocycles. The Kier molecular flexibility index (Phi) is 5.41. The summed E-state index contributed by atoms with van der Waals surface area (Å²) in [5.41, 5.74) is 3.28. The third-order valence-corrected chi connectivity index (χ3v) is 5.39. The van der Waals surface area contributed by atoms with Crippen LogP contribution in [0.4, 0.5) is 0 Å². The number of Topliss-reactive ketones (excluding diaryl/α,β-unsaturated/α-hetero) is 1. The Labute approximate surface area is 161 Å². The fraction of sp³-hybridized carbons (Fsp3) is 0.450. The summed E-state index contributed by atoms with van der Waals surface area (Å²) in [5, 5.41) is 0. The van der Waals surface area contributed by atoms with Gasteiger partial charge in [0.2, 0.25) is 0 Å². The molecule has 5 heteroatoms. The molecule has 1 aliphatic carbocycles. The average molecular weight is 451 g/mol. The van der Waals surface area contributed by atoms with Crippen LogP contribution in [-0.4, -0.2) is 23.6 Å². The van der Waals surface area contributed by atoms with Gasteiger partial charge in [-0.05, 0) is 73.9 Å². The molecule has 0 N–H and O–H groups in total. The van der Waals surface area contributed by atoms with Gasteiger partial charge in [0, 0.05) is 32.9 Å². The van der Waals surface area contributed by atoms with E-state index in [1.54, 1.807) is 0 Å². The zero-order valence-corrected chi connectivity index (χ0v) is 16.9. The van der Waals surface area contributed by atoms with Gasteiger partial charge in [-0.25, -0.2) is 0 Å². The third-order valence-electron chi connectivity index (χ3n) is 4.67. The van der Waals surface area contributed by atoms with Gasteiger partial charge in [0.05, 0.1) is 6.10 Å². The van der Waals surface area contributed by atoms with Crippen molar-refractivity contribution in [1.82, 2.24) is 0 Å². The Morgan fingerprint density at radius 2 is 1.92 bits per heavy atom. The first-order valence-electron chi connectivity index (χ1n) is 8.66. The normalized spacial score (nSPS) is 23.4. The van der Waals surface area contributed by atoms with Crippen LogP contribution in [0.25, 0.3) is 0 Å². The first kappa shape index (κ1) is 18.3. The lowest BCUT2D eigenvalue weighted by Gasteiger charge is -2.34. The van der Waals surface area contributed by atoms with Gasteiger partial charge in [-0.1, -0.05) is 12.1 Å². The predicted molar refractivity (Wildman–Crippen MR) is 106 cm³/mol. The second kappa shape index (κ2) is 7.40. The van der Waals surface area contributed by atoms with Crippen molar-refractivity contribution in [3.8, 4) is 0 Å². The standard InChI is InChI=1S/C20H22INO3/c1-11(2)25-20(24)17-12(3)22-15-5-4-6-16(23)19(15)18(17)13-7-9-14(21)10-8-13/h7-11,17-18H,4-6H2,1-3H3/t17?,18-/m0/s1. The van der Waals surface area contributed by atoms with Crippen molar-refractivity contribution < 1.29 is 14.3 Å². The Bertz CT molecular complexity index is 762. The van der Waals surface area contributed by atoms with Crippen LogP contribution < -0.4 is 0 Å². The van der Waals surface area contributed by atoms with E-state index in [1.807, 2.05) is 45.0 Å². The summed E-state index contributed by atoms with van der Waals surface area (Å²) in [4.78, 5) is 30.1. The van der Waals surface area contributed by atoms with E-state index >= 15 is 0 Å². The molecule has 2 atom stereocenters. The molecule has 3 rings (SSSR count). The monoisotopic (exact) mass is 451 g/mol. The van der Waals surface area contributed by atoms with Crippen LogP contribution >= 0.6 is 22.6 Å². The molecule has 1 aromatic rings. The fourth-order valence-corrected chi connectivity index (χ4v) is 4.01. The average Bonchev–Trinajstić information content (AvgIpc) is 2.53. The minimum Gasteiger partial charge on any atom is -0.462 e. The van der Waals surface area contributed by atoms with Crippen LogP contribution in [0.15, 0.2) is 40.5 Å². The molecule has 4 nitrogen and oxygen atoms in total. The number of benzene rings is 1. The van der Waals surface area contributed by atoms with Gasteiger partial charge in [-0.15, -0.1) is 0 Å². The van der Waals surface area contributed by atoms with E-state index in [9.17, 15) is 9.59 Å². The van der Waals surface area contributed by atoms with Crippen LogP contribution in [0.3, 0.4) is 0 Å². The van der Waals surface area contributed by atoms with E-state index in [2.05, 4.69) is 27.6 Å². The predicted octanol–water partition coefficient (Wildman–Crippen LogP) is 4.42. The maximum absolute atomic E-state index is 12.8. The second-order valence-electron chi connectivity index (χ2n) is 6.88. The van der Waals surface area contributed by atoms with Crippen molar-refractivity contribution in [1.29, 1.82) is 0 Å². The number of halogens is 1. The molecule has 0 saturated heterocycles. The van der Waals surface area contributed by atoms with E-state index < -0.39 is 5.92 Å². The zero-order valence-electron chi connectivity index (χ0n) is 14.7. The third kappa shape index (κ3) is 3.71. The maximum atomic E-state index is 12.8. The molecule has 132 valence electrons. The first-order valence-corrected chi connectivity index (χ1v) is 9.73. The van der Waals surface area contributed by atoms with E-state index in [0.717, 1.165) is 33.4 Å². The number of hydrogen-bond donors (Lipinski definition) is 0. The molecule has 25 heavy (non-hydrogen) atoms. The number of allylic oxidation sites excluding steroid dienone is 2. The highest BCUT2D eigenvalue weighted by Crippen LogP contribution is 2.43. The Balaban J connectivity index is 2.12. The molecule has 1 aliphatic heterocycles. The summed E-state index contributed by atoms with van der Waals surface area (Å²) in [6, 6.07) is 8.03. The lowest BCUT2D eigenvalue weighted by Crippen LogP contribution is -2.38. The first-order chi connectivity index (χ1) is 11.9. The fourth-order valence-electron chi connectivity index (χ4n) is 3.65. The van der Waals surface area contributed by atoms with E-state index in [1.165, 1.54) is 0 Å². The van der Waals surface area contributed by atoms with Crippen LogP contribution in [0.5, 0.6) is 0 Å². The van der Waals surface area contributed by atoms with Gasteiger partial charge < -0.3 is 4.74 Å². The Hall–Kier alpha value is -1.50. The summed E-state index contributed by atoms with van der Waals surface area (Å²) in [5.74, 6) is -1.03. The number of ether oxygens (including phenoxy) is 1. The van der Waals surface area contributed by atoms with Crippen molar-refractivity contribution in [2.45, 2.75) is 52.1 Å². The molecule has 2 aliphatic rings. The van der Waals surface area contributed by atoms with Gasteiger partial charge in [-0.3, -0.25) is 14.6 Å². The lowest BCUT2D eigenvalue weighted by atomic mass is 9.72. The number of rotatable bonds is 3. The van der Waals surface area contributed by atoms with Gasteiger partial charge in [0.25, 0.3) is 0 Å². The van der Waals surface area contributed by atoms with Crippen LogP contribution in [0.2, 0.25) is 0 Å². The van der Waals surface area contributed by atoms with Gasteiger partial charge in [-0.2, -0.15) is 0 Å². The number of esters is 1. The molecule has 1 heterocycles. The largest absolute Gasteiger partial charge is 0.462 e. The quantitative estimate of drug-likeness (QED) is 0.505. The second-order valence-corrected chi connectivity index (χ2v) is 8.13. The van der Waals surface area contributed by atoms with Crippen molar-refractivity contribution in [2.75, 3.05) is 0 Å². The number of ketones is 1. The zero-order chi connectivity index (χ0) is 18.1. The molecule has 0 amide bonds. The lowest BCUT2D eigenvalue weighted by molar-refractivity contribution is -0.150. The maximum Gasteiger partial charge on any atom is 0.315 e. The topological polar surface area (TPSA) is 55.7 Å². The number of aliphatic imine (C=N–C) groups is 1. The number of nitrogens with zero attached hydrogens (tertiary/aromatic N) is 1. The van der Waals surface area contributed by atoms with E-state index in [-0.39, 0.29) is 23.8 Å².